The first-order valence-corrected chi connectivity index (χ1v) is 11.2. The molecule has 1 aromatic heterocycles. The molecule has 4 rings (SSSR count). The molecule has 0 spiro atoms. The molecule has 162 valence electrons. The molecule has 0 atom stereocenters. The average Bonchev–Trinajstić information content (AvgIpc) is 3.24. The van der Waals surface area contributed by atoms with Crippen LogP contribution in [-0.2, 0) is 17.8 Å². The van der Waals surface area contributed by atoms with E-state index >= 15 is 0 Å². The molecular weight excluding hydrogens is 378 g/mol. The van der Waals surface area contributed by atoms with Gasteiger partial charge < -0.3 is 14.3 Å². The topological polar surface area (TPSA) is 65.7 Å². The highest BCUT2D eigenvalue weighted by molar-refractivity contribution is 5.73. The van der Waals surface area contributed by atoms with Gasteiger partial charge >= 0.3 is 0 Å². The fraction of sp³-hybridized carbons (Fsp3) is 0.609. The summed E-state index contributed by atoms with van der Waals surface area (Å²) in [6.45, 7) is 8.99. The molecule has 0 aliphatic carbocycles. The van der Waals surface area contributed by atoms with Crippen LogP contribution >= 0.6 is 0 Å². The predicted octanol–water partition coefficient (Wildman–Crippen LogP) is 2.55. The Morgan fingerprint density at radius 3 is 2.47 bits per heavy atom. The molecule has 1 amide bonds. The summed E-state index contributed by atoms with van der Waals surface area (Å²) in [4.78, 5) is 22.9. The molecule has 2 aliphatic rings. The molecule has 1 aromatic carbocycles. The van der Waals surface area contributed by atoms with Gasteiger partial charge in [-0.15, -0.1) is 0 Å². The van der Waals surface area contributed by atoms with Crippen LogP contribution in [0.1, 0.15) is 49.4 Å². The Balaban J connectivity index is 1.17. The number of carbonyl (C=O) groups excluding carboxylic acids is 1. The number of aryl methyl sites for hydroxylation is 1. The largest absolute Gasteiger partial charge is 0.340 e. The minimum absolute atomic E-state index is 0.155. The van der Waals surface area contributed by atoms with E-state index in [2.05, 4.69) is 45.3 Å². The van der Waals surface area contributed by atoms with Crippen molar-refractivity contribution in [3.05, 3.63) is 47.6 Å². The molecule has 0 unspecified atom stereocenters. The highest BCUT2D eigenvalue weighted by Gasteiger charge is 2.26. The summed E-state index contributed by atoms with van der Waals surface area (Å²) >= 11 is 0. The van der Waals surface area contributed by atoms with Crippen LogP contribution in [0, 0.1) is 0 Å². The lowest BCUT2D eigenvalue weighted by Gasteiger charge is -2.33. The summed E-state index contributed by atoms with van der Waals surface area (Å²) in [6.07, 6.45) is 4.53. The van der Waals surface area contributed by atoms with Gasteiger partial charge in [0.1, 0.15) is 0 Å². The number of benzene rings is 1. The van der Waals surface area contributed by atoms with Crippen LogP contribution in [0.15, 0.2) is 34.9 Å². The first kappa shape index (κ1) is 21.0. The third-order valence-corrected chi connectivity index (χ3v) is 6.39. The zero-order valence-corrected chi connectivity index (χ0v) is 18.0. The van der Waals surface area contributed by atoms with Gasteiger partial charge in [0.05, 0.1) is 6.54 Å². The third kappa shape index (κ3) is 5.67. The standard InChI is InChI=1S/C23H33N5O2/c1-19(29)28-16-14-27(15-17-28)18-22-24-23(30-25-22)21-9-12-26(13-10-21)11-5-8-20-6-3-2-4-7-20/h2-4,6-7,21H,5,8-18H2,1H3. The Hall–Kier alpha value is -2.25. The summed E-state index contributed by atoms with van der Waals surface area (Å²) < 4.78 is 5.61. The van der Waals surface area contributed by atoms with Crippen molar-refractivity contribution in [1.82, 2.24) is 24.8 Å². The van der Waals surface area contributed by atoms with Crippen LogP contribution < -0.4 is 0 Å². The first-order chi connectivity index (χ1) is 14.7. The van der Waals surface area contributed by atoms with Gasteiger partial charge in [-0.05, 0) is 50.9 Å². The quantitative estimate of drug-likeness (QED) is 0.698. The maximum absolute atomic E-state index is 11.5. The van der Waals surface area contributed by atoms with Gasteiger partial charge in [0.2, 0.25) is 11.8 Å². The molecule has 7 heteroatoms. The molecule has 30 heavy (non-hydrogen) atoms. The van der Waals surface area contributed by atoms with Crippen molar-refractivity contribution in [3.63, 3.8) is 0 Å². The van der Waals surface area contributed by atoms with Crippen LogP contribution in [0.2, 0.25) is 0 Å². The fourth-order valence-corrected chi connectivity index (χ4v) is 4.47. The normalized spacial score (nSPS) is 19.3. The molecule has 3 heterocycles. The van der Waals surface area contributed by atoms with E-state index in [1.54, 1.807) is 6.92 Å². The average molecular weight is 412 g/mol. The maximum Gasteiger partial charge on any atom is 0.229 e. The number of amides is 1. The molecule has 2 aromatic rings. The second kappa shape index (κ2) is 10.2. The predicted molar refractivity (Wildman–Crippen MR) is 115 cm³/mol. The highest BCUT2D eigenvalue weighted by Crippen LogP contribution is 2.27. The maximum atomic E-state index is 11.5. The number of likely N-dealkylation sites (tertiary alicyclic amines) is 1. The van der Waals surface area contributed by atoms with Crippen molar-refractivity contribution in [3.8, 4) is 0 Å². The monoisotopic (exact) mass is 411 g/mol. The number of carbonyl (C=O) groups is 1. The zero-order chi connectivity index (χ0) is 20.8. The van der Waals surface area contributed by atoms with Crippen molar-refractivity contribution >= 4 is 5.91 Å². The van der Waals surface area contributed by atoms with Crippen molar-refractivity contribution in [1.29, 1.82) is 0 Å². The number of piperazine rings is 1. The Morgan fingerprint density at radius 2 is 1.77 bits per heavy atom. The number of hydrogen-bond acceptors (Lipinski definition) is 6. The van der Waals surface area contributed by atoms with E-state index in [9.17, 15) is 4.79 Å². The molecule has 0 saturated carbocycles. The van der Waals surface area contributed by atoms with Gasteiger partial charge in [0, 0.05) is 39.0 Å². The van der Waals surface area contributed by atoms with Gasteiger partial charge in [-0.25, -0.2) is 0 Å². The van der Waals surface area contributed by atoms with Gasteiger partial charge in [-0.1, -0.05) is 35.5 Å². The third-order valence-electron chi connectivity index (χ3n) is 6.39. The molecule has 0 bridgehead atoms. The van der Waals surface area contributed by atoms with Crippen LogP contribution in [0.4, 0.5) is 0 Å². The van der Waals surface area contributed by atoms with Crippen LogP contribution in [0.3, 0.4) is 0 Å². The summed E-state index contributed by atoms with van der Waals surface area (Å²) in [5, 5.41) is 4.22. The van der Waals surface area contributed by atoms with Crippen LogP contribution in [0.5, 0.6) is 0 Å². The molecule has 0 N–H and O–H groups in total. The summed E-state index contributed by atoms with van der Waals surface area (Å²) in [7, 11) is 0. The highest BCUT2D eigenvalue weighted by atomic mass is 16.5. The molecule has 7 nitrogen and oxygen atoms in total. The lowest BCUT2D eigenvalue weighted by Crippen LogP contribution is -2.47. The number of hydrogen-bond donors (Lipinski definition) is 0. The molecule has 2 aliphatic heterocycles. The molecular formula is C23H33N5O2. The Kier molecular flexibility index (Phi) is 7.12. The Bertz CT molecular complexity index is 793. The van der Waals surface area contributed by atoms with E-state index in [4.69, 9.17) is 9.51 Å². The number of rotatable bonds is 7. The second-order valence-corrected chi connectivity index (χ2v) is 8.54. The Morgan fingerprint density at radius 1 is 1.03 bits per heavy atom. The van der Waals surface area contributed by atoms with Gasteiger partial charge in [0.15, 0.2) is 5.82 Å². The number of nitrogens with zero attached hydrogens (tertiary/aromatic N) is 5. The number of aromatic nitrogens is 2. The number of piperidine rings is 1. The van der Waals surface area contributed by atoms with E-state index in [1.807, 2.05) is 4.90 Å². The van der Waals surface area contributed by atoms with Crippen molar-refractivity contribution in [2.75, 3.05) is 45.8 Å². The van der Waals surface area contributed by atoms with Gasteiger partial charge in [0.25, 0.3) is 0 Å². The molecule has 2 fully saturated rings. The minimum atomic E-state index is 0.155. The zero-order valence-electron chi connectivity index (χ0n) is 18.0. The smallest absolute Gasteiger partial charge is 0.229 e. The van der Waals surface area contributed by atoms with Crippen molar-refractivity contribution in [2.45, 2.75) is 45.1 Å². The second-order valence-electron chi connectivity index (χ2n) is 8.54. The van der Waals surface area contributed by atoms with E-state index in [1.165, 1.54) is 12.0 Å². The fourth-order valence-electron chi connectivity index (χ4n) is 4.47. The van der Waals surface area contributed by atoms with E-state index in [0.29, 0.717) is 12.5 Å². The van der Waals surface area contributed by atoms with Crippen LogP contribution in [0.25, 0.3) is 0 Å². The molecule has 2 saturated heterocycles. The van der Waals surface area contributed by atoms with Gasteiger partial charge in [-0.2, -0.15) is 4.98 Å². The lowest BCUT2D eigenvalue weighted by molar-refractivity contribution is -0.130. The van der Waals surface area contributed by atoms with E-state index in [-0.39, 0.29) is 5.91 Å². The Labute approximate surface area is 179 Å². The summed E-state index contributed by atoms with van der Waals surface area (Å²) in [5.74, 6) is 2.11. The van der Waals surface area contributed by atoms with Gasteiger partial charge in [-0.3, -0.25) is 9.69 Å². The SMILES string of the molecule is CC(=O)N1CCN(Cc2noc(C3CCN(CCCc4ccccc4)CC3)n2)CC1. The van der Waals surface area contributed by atoms with E-state index < -0.39 is 0 Å². The molecule has 0 radical (unpaired) electrons. The summed E-state index contributed by atoms with van der Waals surface area (Å²) in [5.41, 5.74) is 1.42. The lowest BCUT2D eigenvalue weighted by atomic mass is 9.96. The minimum Gasteiger partial charge on any atom is -0.340 e. The van der Waals surface area contributed by atoms with Crippen LogP contribution in [-0.4, -0.2) is 76.6 Å². The van der Waals surface area contributed by atoms with E-state index in [0.717, 1.165) is 76.8 Å². The van der Waals surface area contributed by atoms with Crippen molar-refractivity contribution < 1.29 is 9.32 Å². The summed E-state index contributed by atoms with van der Waals surface area (Å²) in [6, 6.07) is 10.7. The first-order valence-electron chi connectivity index (χ1n) is 11.2. The van der Waals surface area contributed by atoms with Crippen molar-refractivity contribution in [2.24, 2.45) is 0 Å².